The Labute approximate surface area is 155 Å². The van der Waals surface area contributed by atoms with Crippen molar-refractivity contribution in [3.63, 3.8) is 0 Å². The van der Waals surface area contributed by atoms with Gasteiger partial charge in [-0.05, 0) is 77.4 Å². The van der Waals surface area contributed by atoms with Crippen LogP contribution < -0.4 is 4.74 Å². The lowest BCUT2D eigenvalue weighted by atomic mass is 9.98. The van der Waals surface area contributed by atoms with Crippen LogP contribution in [0.3, 0.4) is 0 Å². The molecule has 0 saturated carbocycles. The minimum atomic E-state index is -0.0918. The van der Waals surface area contributed by atoms with Crippen molar-refractivity contribution in [1.29, 1.82) is 0 Å². The molecule has 0 aromatic heterocycles. The van der Waals surface area contributed by atoms with Crippen molar-refractivity contribution in [2.24, 2.45) is 0 Å². The molecule has 0 radical (unpaired) electrons. The van der Waals surface area contributed by atoms with E-state index in [4.69, 9.17) is 4.74 Å². The van der Waals surface area contributed by atoms with Gasteiger partial charge in [-0.15, -0.1) is 0 Å². The van der Waals surface area contributed by atoms with Crippen molar-refractivity contribution in [3.8, 4) is 5.75 Å². The van der Waals surface area contributed by atoms with Gasteiger partial charge in [0.1, 0.15) is 11.4 Å². The molecule has 0 bridgehead atoms. The fourth-order valence-corrected chi connectivity index (χ4v) is 4.64. The van der Waals surface area contributed by atoms with Crippen LogP contribution in [0.4, 0.5) is 0 Å². The molecule has 2 aromatic carbocycles. The van der Waals surface area contributed by atoms with Gasteiger partial charge >= 0.3 is 0 Å². The number of hydrogen-bond donors (Lipinski definition) is 0. The zero-order valence-electron chi connectivity index (χ0n) is 11.8. The van der Waals surface area contributed by atoms with Gasteiger partial charge in [0.15, 0.2) is 0 Å². The van der Waals surface area contributed by atoms with E-state index in [-0.39, 0.29) is 10.4 Å². The first-order valence-corrected chi connectivity index (χ1v) is 9.55. The number of rotatable bonds is 2. The van der Waals surface area contributed by atoms with Gasteiger partial charge < -0.3 is 4.74 Å². The van der Waals surface area contributed by atoms with E-state index in [1.807, 2.05) is 0 Å². The van der Waals surface area contributed by atoms with Crippen LogP contribution >= 0.6 is 54.5 Å². The number of hydrogen-bond acceptors (Lipinski definition) is 1. The van der Waals surface area contributed by atoms with Gasteiger partial charge in [0, 0.05) is 14.5 Å². The Morgan fingerprint density at radius 2 is 1.95 bits per heavy atom. The minimum absolute atomic E-state index is 0.0918. The highest BCUT2D eigenvalue weighted by molar-refractivity contribution is 14.1. The Morgan fingerprint density at radius 3 is 2.71 bits per heavy atom. The van der Waals surface area contributed by atoms with Crippen LogP contribution in [0.1, 0.15) is 35.4 Å². The molecule has 0 fully saturated rings. The van der Waals surface area contributed by atoms with Crippen LogP contribution in [0, 0.1) is 3.57 Å². The molecule has 0 amide bonds. The molecule has 2 aromatic rings. The van der Waals surface area contributed by atoms with E-state index in [0.29, 0.717) is 0 Å². The molecule has 3 rings (SSSR count). The molecule has 1 heterocycles. The molecule has 1 aliphatic rings. The largest absolute Gasteiger partial charge is 0.487 e. The second-order valence-electron chi connectivity index (χ2n) is 5.93. The molecule has 0 N–H and O–H groups in total. The van der Waals surface area contributed by atoms with Crippen LogP contribution in [-0.4, -0.2) is 5.60 Å². The van der Waals surface area contributed by atoms with E-state index < -0.39 is 0 Å². The van der Waals surface area contributed by atoms with Crippen molar-refractivity contribution >= 4 is 54.5 Å². The van der Waals surface area contributed by atoms with E-state index in [9.17, 15) is 0 Å². The lowest BCUT2D eigenvalue weighted by Crippen LogP contribution is -2.24. The number of fused-ring (bicyclic) bond motifs is 1. The van der Waals surface area contributed by atoms with Gasteiger partial charge in [0.05, 0.1) is 4.83 Å². The van der Waals surface area contributed by atoms with Gasteiger partial charge in [-0.2, -0.15) is 0 Å². The molecular formula is C17H15Br2IO. The molecule has 21 heavy (non-hydrogen) atoms. The van der Waals surface area contributed by atoms with Gasteiger partial charge in [0.25, 0.3) is 0 Å². The fraction of sp³-hybridized carbons (Fsp3) is 0.294. The summed E-state index contributed by atoms with van der Waals surface area (Å²) in [6.45, 7) is 4.27. The maximum Gasteiger partial charge on any atom is 0.123 e. The average Bonchev–Trinajstić information content (AvgIpc) is 2.73. The van der Waals surface area contributed by atoms with Crippen LogP contribution in [0.2, 0.25) is 0 Å². The molecule has 0 spiro atoms. The highest BCUT2D eigenvalue weighted by atomic mass is 127. The van der Waals surface area contributed by atoms with E-state index in [0.717, 1.165) is 16.6 Å². The molecule has 1 nitrogen and oxygen atoms in total. The molecule has 4 heteroatoms. The SMILES string of the molecule is CC1(C)Cc2cc(C(Br)c3cc(I)ccc3Br)ccc2O1. The van der Waals surface area contributed by atoms with Crippen molar-refractivity contribution in [1.82, 2.24) is 0 Å². The maximum atomic E-state index is 5.95. The van der Waals surface area contributed by atoms with E-state index in [1.54, 1.807) is 0 Å². The van der Waals surface area contributed by atoms with Crippen molar-refractivity contribution in [2.75, 3.05) is 0 Å². The predicted molar refractivity (Wildman–Crippen MR) is 102 cm³/mol. The third kappa shape index (κ3) is 3.32. The van der Waals surface area contributed by atoms with E-state index in [2.05, 4.69) is 105 Å². The van der Waals surface area contributed by atoms with Crippen LogP contribution in [0.15, 0.2) is 40.9 Å². The smallest absolute Gasteiger partial charge is 0.123 e. The van der Waals surface area contributed by atoms with Crippen molar-refractivity contribution in [3.05, 3.63) is 61.1 Å². The molecule has 1 unspecified atom stereocenters. The molecular weight excluding hydrogens is 507 g/mol. The second kappa shape index (κ2) is 5.85. The zero-order valence-corrected chi connectivity index (χ0v) is 17.1. The van der Waals surface area contributed by atoms with Crippen LogP contribution in [-0.2, 0) is 6.42 Å². The number of benzene rings is 2. The van der Waals surface area contributed by atoms with Crippen LogP contribution in [0.5, 0.6) is 5.75 Å². The van der Waals surface area contributed by atoms with Gasteiger partial charge in [-0.25, -0.2) is 0 Å². The first-order chi connectivity index (χ1) is 9.85. The second-order valence-corrected chi connectivity index (χ2v) is 8.95. The summed E-state index contributed by atoms with van der Waals surface area (Å²) >= 11 is 9.84. The topological polar surface area (TPSA) is 9.23 Å². The highest BCUT2D eigenvalue weighted by Crippen LogP contribution is 2.41. The minimum Gasteiger partial charge on any atom is -0.487 e. The Hall–Kier alpha value is -0.0700. The average molecular weight is 522 g/mol. The normalized spacial score (nSPS) is 17.2. The summed E-state index contributed by atoms with van der Waals surface area (Å²) in [5.41, 5.74) is 3.72. The van der Waals surface area contributed by atoms with Gasteiger partial charge in [-0.3, -0.25) is 0 Å². The monoisotopic (exact) mass is 520 g/mol. The Balaban J connectivity index is 1.97. The molecule has 1 aliphatic heterocycles. The summed E-state index contributed by atoms with van der Waals surface area (Å²) in [7, 11) is 0. The predicted octanol–water partition coefficient (Wildman–Crippen LogP) is 6.25. The van der Waals surface area contributed by atoms with Crippen molar-refractivity contribution in [2.45, 2.75) is 30.7 Å². The Kier molecular flexibility index (Phi) is 4.41. The van der Waals surface area contributed by atoms with Gasteiger partial charge in [-0.1, -0.05) is 44.0 Å². The Bertz CT molecular complexity index is 697. The third-order valence-corrected chi connectivity index (χ3v) is 6.03. The summed E-state index contributed by atoms with van der Waals surface area (Å²) in [6.07, 6.45) is 0.962. The fourth-order valence-electron chi connectivity index (χ4n) is 2.68. The summed E-state index contributed by atoms with van der Waals surface area (Å²) in [4.78, 5) is 0.176. The van der Waals surface area contributed by atoms with E-state index >= 15 is 0 Å². The van der Waals surface area contributed by atoms with Gasteiger partial charge in [0.2, 0.25) is 0 Å². The zero-order chi connectivity index (χ0) is 15.2. The molecule has 0 aliphatic carbocycles. The summed E-state index contributed by atoms with van der Waals surface area (Å²) in [5, 5.41) is 0. The first kappa shape index (κ1) is 15.8. The van der Waals surface area contributed by atoms with E-state index in [1.165, 1.54) is 20.3 Å². The first-order valence-electron chi connectivity index (χ1n) is 6.76. The summed E-state index contributed by atoms with van der Waals surface area (Å²) < 4.78 is 8.32. The maximum absolute atomic E-state index is 5.95. The quantitative estimate of drug-likeness (QED) is 0.335. The number of halogens is 3. The number of alkyl halides is 1. The van der Waals surface area contributed by atoms with Crippen molar-refractivity contribution < 1.29 is 4.74 Å². The number of ether oxygens (including phenoxy) is 1. The molecule has 110 valence electrons. The highest BCUT2D eigenvalue weighted by Gasteiger charge is 2.30. The molecule has 0 saturated heterocycles. The lowest BCUT2D eigenvalue weighted by Gasteiger charge is -2.16. The van der Waals surface area contributed by atoms with Crippen LogP contribution in [0.25, 0.3) is 0 Å². The lowest BCUT2D eigenvalue weighted by molar-refractivity contribution is 0.138. The third-order valence-electron chi connectivity index (χ3n) is 3.61. The standard InChI is InChI=1S/C17H15Br2IO/c1-17(2)9-11-7-10(3-6-15(11)21-17)16(19)13-8-12(20)4-5-14(13)18/h3-8,16H,9H2,1-2H3. The summed E-state index contributed by atoms with van der Waals surface area (Å²) in [5.74, 6) is 1.02. The Morgan fingerprint density at radius 1 is 1.19 bits per heavy atom. The summed E-state index contributed by atoms with van der Waals surface area (Å²) in [6, 6.07) is 12.9. The molecule has 1 atom stereocenters.